The molecular weight excluding hydrogens is 254 g/mol. The van der Waals surface area contributed by atoms with Crippen LogP contribution in [-0.4, -0.2) is 37.5 Å². The molecule has 114 valence electrons. The lowest BCUT2D eigenvalue weighted by Crippen LogP contribution is -2.46. The van der Waals surface area contributed by atoms with Gasteiger partial charge < -0.3 is 19.9 Å². The Bertz CT molecular complexity index is 416. The largest absolute Gasteiger partial charge is 0.493 e. The van der Waals surface area contributed by atoms with Gasteiger partial charge in [-0.05, 0) is 45.0 Å². The van der Waals surface area contributed by atoms with Crippen molar-refractivity contribution in [1.29, 1.82) is 0 Å². The Hall–Kier alpha value is -1.26. The summed E-state index contributed by atoms with van der Waals surface area (Å²) in [4.78, 5) is 0. The second-order valence-corrected chi connectivity index (χ2v) is 5.44. The van der Waals surface area contributed by atoms with E-state index in [0.717, 1.165) is 17.9 Å². The molecule has 4 nitrogen and oxygen atoms in total. The number of ether oxygens (including phenoxy) is 2. The number of hydrogen-bond donors (Lipinski definition) is 2. The van der Waals surface area contributed by atoms with Crippen LogP contribution in [-0.2, 0) is 6.42 Å². The molecule has 2 N–H and O–H groups in total. The van der Waals surface area contributed by atoms with Gasteiger partial charge in [-0.25, -0.2) is 0 Å². The van der Waals surface area contributed by atoms with Crippen molar-refractivity contribution in [3.05, 3.63) is 23.8 Å². The highest BCUT2D eigenvalue weighted by molar-refractivity contribution is 5.43. The summed E-state index contributed by atoms with van der Waals surface area (Å²) in [6.07, 6.45) is 1.65. The number of nitrogens with one attached hydrogen (secondary N) is 1. The van der Waals surface area contributed by atoms with Crippen LogP contribution in [0.1, 0.15) is 32.8 Å². The molecule has 0 aliphatic heterocycles. The highest BCUT2D eigenvalue weighted by atomic mass is 16.5. The lowest BCUT2D eigenvalue weighted by molar-refractivity contribution is 0.113. The van der Waals surface area contributed by atoms with E-state index in [-0.39, 0.29) is 18.2 Å². The number of aliphatic hydroxyl groups is 1. The first-order valence-electron chi connectivity index (χ1n) is 7.11. The number of hydrogen-bond acceptors (Lipinski definition) is 4. The van der Waals surface area contributed by atoms with Gasteiger partial charge in [0.25, 0.3) is 0 Å². The fraction of sp³-hybridized carbons (Fsp3) is 0.625. The van der Waals surface area contributed by atoms with Crippen LogP contribution in [0.2, 0.25) is 0 Å². The number of likely N-dealkylation sites (N-methyl/N-ethyl adjacent to an activating group) is 1. The summed E-state index contributed by atoms with van der Waals surface area (Å²) < 4.78 is 11.3. The number of benzene rings is 1. The maximum absolute atomic E-state index is 9.43. The third kappa shape index (κ3) is 4.39. The van der Waals surface area contributed by atoms with Gasteiger partial charge in [-0.2, -0.15) is 0 Å². The van der Waals surface area contributed by atoms with Gasteiger partial charge >= 0.3 is 0 Å². The normalized spacial score (nSPS) is 15.5. The van der Waals surface area contributed by atoms with E-state index >= 15 is 0 Å². The van der Waals surface area contributed by atoms with E-state index < -0.39 is 0 Å². The number of rotatable bonds is 8. The first kappa shape index (κ1) is 16.8. The fourth-order valence-corrected chi connectivity index (χ4v) is 2.17. The minimum absolute atomic E-state index is 0.0269. The first-order chi connectivity index (χ1) is 9.47. The van der Waals surface area contributed by atoms with Gasteiger partial charge in [-0.3, -0.25) is 0 Å². The molecule has 0 aromatic heterocycles. The van der Waals surface area contributed by atoms with Gasteiger partial charge in [0.1, 0.15) is 0 Å². The predicted octanol–water partition coefficient (Wildman–Crippen LogP) is 2.39. The lowest BCUT2D eigenvalue weighted by atomic mass is 9.96. The maximum atomic E-state index is 9.43. The van der Waals surface area contributed by atoms with Crippen LogP contribution in [0.3, 0.4) is 0 Å². The Balaban J connectivity index is 2.77. The summed E-state index contributed by atoms with van der Waals surface area (Å²) in [5, 5.41) is 12.6. The molecule has 4 heteroatoms. The Morgan fingerprint density at radius 2 is 2.05 bits per heavy atom. The average Bonchev–Trinajstić information content (AvgIpc) is 2.47. The molecule has 0 radical (unpaired) electrons. The number of aliphatic hydroxyl groups excluding tert-OH is 1. The summed E-state index contributed by atoms with van der Waals surface area (Å²) >= 11 is 0. The van der Waals surface area contributed by atoms with Crippen LogP contribution < -0.4 is 14.8 Å². The molecule has 1 aromatic rings. The zero-order valence-corrected chi connectivity index (χ0v) is 13.2. The second kappa shape index (κ2) is 7.50. The van der Waals surface area contributed by atoms with Crippen molar-refractivity contribution >= 4 is 0 Å². The molecule has 0 aliphatic carbocycles. The van der Waals surface area contributed by atoms with Crippen LogP contribution in [0.15, 0.2) is 18.2 Å². The van der Waals surface area contributed by atoms with Crippen LogP contribution in [0.4, 0.5) is 0 Å². The van der Waals surface area contributed by atoms with E-state index in [4.69, 9.17) is 9.47 Å². The molecule has 0 spiro atoms. The van der Waals surface area contributed by atoms with E-state index in [1.54, 1.807) is 7.11 Å². The van der Waals surface area contributed by atoms with Gasteiger partial charge in [0, 0.05) is 12.0 Å². The van der Waals surface area contributed by atoms with Crippen LogP contribution in [0.5, 0.6) is 11.5 Å². The van der Waals surface area contributed by atoms with Crippen molar-refractivity contribution < 1.29 is 14.6 Å². The molecule has 0 aliphatic rings. The summed E-state index contributed by atoms with van der Waals surface area (Å²) in [6.45, 7) is 6.16. The first-order valence-corrected chi connectivity index (χ1v) is 7.11. The third-order valence-electron chi connectivity index (χ3n) is 3.65. The Kier molecular flexibility index (Phi) is 6.30. The monoisotopic (exact) mass is 281 g/mol. The zero-order valence-electron chi connectivity index (χ0n) is 13.2. The molecule has 0 bridgehead atoms. The van der Waals surface area contributed by atoms with Gasteiger partial charge in [0.2, 0.25) is 0 Å². The molecular formula is C16H27NO3. The van der Waals surface area contributed by atoms with Crippen molar-refractivity contribution in [1.82, 2.24) is 5.32 Å². The van der Waals surface area contributed by atoms with Gasteiger partial charge in [0.05, 0.1) is 19.8 Å². The van der Waals surface area contributed by atoms with E-state index in [1.807, 2.05) is 39.1 Å². The minimum Gasteiger partial charge on any atom is -0.493 e. The van der Waals surface area contributed by atoms with E-state index in [2.05, 4.69) is 12.2 Å². The SMILES string of the molecule is CCc1ccc(OC(C)CC(C)(CO)NC)c(OC)c1. The minimum atomic E-state index is -0.337. The smallest absolute Gasteiger partial charge is 0.161 e. The standard InChI is InChI=1S/C16H27NO3/c1-6-13-7-8-14(15(9-13)19-5)20-12(2)10-16(3,11-18)17-4/h7-9,12,17-18H,6,10-11H2,1-5H3. The Labute approximate surface area is 122 Å². The average molecular weight is 281 g/mol. The van der Waals surface area contributed by atoms with Crippen molar-refractivity contribution in [2.24, 2.45) is 0 Å². The Morgan fingerprint density at radius 3 is 2.55 bits per heavy atom. The zero-order chi connectivity index (χ0) is 15.2. The van der Waals surface area contributed by atoms with Crippen molar-refractivity contribution in [3.63, 3.8) is 0 Å². The molecule has 2 unspecified atom stereocenters. The van der Waals surface area contributed by atoms with Crippen molar-refractivity contribution in [2.75, 3.05) is 20.8 Å². The molecule has 0 fully saturated rings. The van der Waals surface area contributed by atoms with Crippen LogP contribution in [0.25, 0.3) is 0 Å². The van der Waals surface area contributed by atoms with Crippen molar-refractivity contribution in [3.8, 4) is 11.5 Å². The molecule has 1 rings (SSSR count). The second-order valence-electron chi connectivity index (χ2n) is 5.44. The quantitative estimate of drug-likeness (QED) is 0.768. The summed E-state index contributed by atoms with van der Waals surface area (Å²) in [7, 11) is 3.50. The number of aryl methyl sites for hydroxylation is 1. The van der Waals surface area contributed by atoms with Crippen LogP contribution in [0, 0.1) is 0 Å². The highest BCUT2D eigenvalue weighted by Crippen LogP contribution is 2.30. The fourth-order valence-electron chi connectivity index (χ4n) is 2.17. The third-order valence-corrected chi connectivity index (χ3v) is 3.65. The topological polar surface area (TPSA) is 50.7 Å². The molecule has 20 heavy (non-hydrogen) atoms. The van der Waals surface area contributed by atoms with Gasteiger partial charge in [-0.1, -0.05) is 13.0 Å². The predicted molar refractivity (Wildman–Crippen MR) is 81.6 cm³/mol. The van der Waals surface area contributed by atoms with Crippen molar-refractivity contribution in [2.45, 2.75) is 45.3 Å². The lowest BCUT2D eigenvalue weighted by Gasteiger charge is -2.30. The summed E-state index contributed by atoms with van der Waals surface area (Å²) in [6, 6.07) is 6.00. The molecule has 0 heterocycles. The molecule has 0 saturated heterocycles. The molecule has 0 amide bonds. The highest BCUT2D eigenvalue weighted by Gasteiger charge is 2.25. The van der Waals surface area contributed by atoms with E-state index in [9.17, 15) is 5.11 Å². The summed E-state index contributed by atoms with van der Waals surface area (Å²) in [5.74, 6) is 1.50. The van der Waals surface area contributed by atoms with Gasteiger partial charge in [0.15, 0.2) is 11.5 Å². The van der Waals surface area contributed by atoms with Crippen LogP contribution >= 0.6 is 0 Å². The summed E-state index contributed by atoms with van der Waals surface area (Å²) in [5.41, 5.74) is 0.882. The number of methoxy groups -OCH3 is 1. The van der Waals surface area contributed by atoms with Gasteiger partial charge in [-0.15, -0.1) is 0 Å². The molecule has 2 atom stereocenters. The van der Waals surface area contributed by atoms with E-state index in [1.165, 1.54) is 5.56 Å². The maximum Gasteiger partial charge on any atom is 0.161 e. The van der Waals surface area contributed by atoms with E-state index in [0.29, 0.717) is 6.42 Å². The molecule has 0 saturated carbocycles. The Morgan fingerprint density at radius 1 is 1.35 bits per heavy atom. The molecule has 1 aromatic carbocycles.